The van der Waals surface area contributed by atoms with Crippen molar-refractivity contribution in [3.8, 4) is 72.4 Å². The molecule has 0 saturated heterocycles. The molecule has 4 heteroatoms. The summed E-state index contributed by atoms with van der Waals surface area (Å²) in [5.74, 6) is 0. The molecule has 474 valence electrons. The van der Waals surface area contributed by atoms with Crippen LogP contribution in [0.2, 0.25) is 0 Å². The van der Waals surface area contributed by atoms with Gasteiger partial charge in [0.05, 0.1) is 22.4 Å². The Morgan fingerprint density at radius 2 is 0.670 bits per heavy atom. The second kappa shape index (κ2) is 22.8. The molecule has 0 unspecified atom stereocenters. The number of aromatic nitrogens is 1. The molecular formula is C96H72BN3. The maximum atomic E-state index is 2.69. The van der Waals surface area contributed by atoms with Gasteiger partial charge < -0.3 is 14.4 Å². The highest BCUT2D eigenvalue weighted by Crippen LogP contribution is 2.55. The van der Waals surface area contributed by atoms with Gasteiger partial charge in [-0.3, -0.25) is 0 Å². The van der Waals surface area contributed by atoms with Crippen molar-refractivity contribution in [3.05, 3.63) is 339 Å². The van der Waals surface area contributed by atoms with Crippen molar-refractivity contribution in [2.24, 2.45) is 0 Å². The van der Waals surface area contributed by atoms with Crippen molar-refractivity contribution in [1.29, 1.82) is 0 Å². The zero-order chi connectivity index (χ0) is 67.1. The van der Waals surface area contributed by atoms with Crippen LogP contribution in [0.25, 0.3) is 127 Å². The molecule has 1 aromatic heterocycles. The first kappa shape index (κ1) is 59.3. The molecule has 2 aliphatic heterocycles. The number of rotatable bonds is 9. The fraction of sp³-hybridized carbons (Fsp3) is 0.0833. The average molecular weight is 1280 g/mol. The van der Waals surface area contributed by atoms with Gasteiger partial charge in [0, 0.05) is 61.5 Å². The SMILES string of the molecule is CC(C)(C)c1ccc(-c2cc3c4c(c2)N(c2c(-c5ccccc5)cccc2-c2ccccc2)c2cc(-n5c6ccccc6c6ccccc65)ccc2B4c2cc(-c4cc5ccc6cc(C(C)(C)C)cc7ccc(c4)c5c67)ccc2N3c2c(-c3ccccc3)cccc2-c2ccccc2)cc1. The van der Waals surface area contributed by atoms with E-state index in [2.05, 4.69) is 383 Å². The Kier molecular flexibility index (Phi) is 13.5. The fourth-order valence-electron chi connectivity index (χ4n) is 16.7. The number of anilines is 6. The minimum atomic E-state index is -0.248. The van der Waals surface area contributed by atoms with Crippen LogP contribution in [0.5, 0.6) is 0 Å². The smallest absolute Gasteiger partial charge is 0.252 e. The Balaban J connectivity index is 0.965. The Labute approximate surface area is 585 Å². The summed E-state index contributed by atoms with van der Waals surface area (Å²) in [6.07, 6.45) is 0. The first-order valence-electron chi connectivity index (χ1n) is 35.2. The summed E-state index contributed by atoms with van der Waals surface area (Å²) in [6, 6.07) is 124. The molecule has 0 spiro atoms. The van der Waals surface area contributed by atoms with Gasteiger partial charge in [-0.25, -0.2) is 0 Å². The van der Waals surface area contributed by atoms with E-state index in [9.17, 15) is 0 Å². The number of hydrogen-bond donors (Lipinski definition) is 0. The zero-order valence-corrected chi connectivity index (χ0v) is 57.1. The zero-order valence-electron chi connectivity index (χ0n) is 57.1. The van der Waals surface area contributed by atoms with Gasteiger partial charge in [0.25, 0.3) is 6.71 Å². The minimum Gasteiger partial charge on any atom is -0.310 e. The lowest BCUT2D eigenvalue weighted by Crippen LogP contribution is -2.61. The summed E-state index contributed by atoms with van der Waals surface area (Å²) in [7, 11) is 0. The Bertz CT molecular complexity index is 5860. The summed E-state index contributed by atoms with van der Waals surface area (Å²) >= 11 is 0. The van der Waals surface area contributed by atoms with E-state index in [1.807, 2.05) is 0 Å². The molecular weight excluding hydrogens is 1210 g/mol. The summed E-state index contributed by atoms with van der Waals surface area (Å²) in [5.41, 5.74) is 30.3. The predicted molar refractivity (Wildman–Crippen MR) is 429 cm³/mol. The van der Waals surface area contributed by atoms with Crippen molar-refractivity contribution < 1.29 is 0 Å². The second-order valence-corrected chi connectivity index (χ2v) is 29.6. The van der Waals surface area contributed by atoms with Gasteiger partial charge in [-0.1, -0.05) is 315 Å². The number of nitrogens with zero attached hydrogens (tertiary/aromatic N) is 3. The van der Waals surface area contributed by atoms with Crippen LogP contribution in [-0.2, 0) is 10.8 Å². The van der Waals surface area contributed by atoms with Gasteiger partial charge in [-0.2, -0.15) is 0 Å². The normalized spacial score (nSPS) is 12.8. The molecule has 0 bridgehead atoms. The van der Waals surface area contributed by atoms with Crippen LogP contribution >= 0.6 is 0 Å². The monoisotopic (exact) mass is 1280 g/mol. The number of benzene rings is 16. The lowest BCUT2D eigenvalue weighted by atomic mass is 9.33. The third-order valence-electron chi connectivity index (χ3n) is 21.6. The van der Waals surface area contributed by atoms with Gasteiger partial charge in [0.1, 0.15) is 0 Å². The van der Waals surface area contributed by atoms with Crippen LogP contribution in [0.1, 0.15) is 52.7 Å². The van der Waals surface area contributed by atoms with Gasteiger partial charge in [-0.05, 0) is 170 Å². The standard InChI is InChI=1S/C96H72BN3/c1-95(2,3)73-48-45-61(46-49-73)72-58-88-92-89(59-72)100(94-78(64-29-15-9-16-30-64)37-24-38-79(94)65-31-17-10-18-32-65)87-60-75(98-84-39-21-19-33-80(84)81-34-20-22-40-85(81)98)50-51-82(87)97(92)83-57-66(71-53-67-41-43-69-55-74(96(4,5)6)56-70-44-42-68(54-71)90(67)91(69)70)47-52-86(83)99(88)93-76(62-25-11-7-12-26-62)35-23-36-77(93)63-27-13-8-14-28-63/h7-60H,1-6H3. The van der Waals surface area contributed by atoms with Gasteiger partial charge in [-0.15, -0.1) is 0 Å². The van der Waals surface area contributed by atoms with Crippen LogP contribution in [0.4, 0.5) is 34.1 Å². The molecule has 19 rings (SSSR count). The van der Waals surface area contributed by atoms with E-state index >= 15 is 0 Å². The van der Waals surface area contributed by atoms with E-state index in [0.29, 0.717) is 0 Å². The van der Waals surface area contributed by atoms with Gasteiger partial charge >= 0.3 is 0 Å². The van der Waals surface area contributed by atoms with Crippen molar-refractivity contribution in [2.75, 3.05) is 9.80 Å². The van der Waals surface area contributed by atoms with E-state index in [1.165, 1.54) is 92.8 Å². The molecule has 0 N–H and O–H groups in total. The summed E-state index contributed by atoms with van der Waals surface area (Å²) in [4.78, 5) is 5.37. The maximum absolute atomic E-state index is 2.69. The summed E-state index contributed by atoms with van der Waals surface area (Å²) in [5, 5.41) is 10.2. The summed E-state index contributed by atoms with van der Waals surface area (Å²) < 4.78 is 2.50. The van der Waals surface area contributed by atoms with Crippen LogP contribution in [0.15, 0.2) is 328 Å². The Morgan fingerprint density at radius 3 is 1.13 bits per heavy atom. The van der Waals surface area contributed by atoms with Gasteiger partial charge in [0.2, 0.25) is 0 Å². The highest BCUT2D eigenvalue weighted by Gasteiger charge is 2.46. The lowest BCUT2D eigenvalue weighted by Gasteiger charge is -2.46. The Hall–Kier alpha value is -12.0. The molecule has 0 atom stereocenters. The van der Waals surface area contributed by atoms with Crippen LogP contribution < -0.4 is 26.2 Å². The van der Waals surface area contributed by atoms with E-state index < -0.39 is 0 Å². The molecule has 16 aromatic carbocycles. The van der Waals surface area contributed by atoms with Crippen LogP contribution in [-0.4, -0.2) is 11.3 Å². The third-order valence-corrected chi connectivity index (χ3v) is 21.6. The Morgan fingerprint density at radius 1 is 0.260 bits per heavy atom. The molecule has 0 amide bonds. The quantitative estimate of drug-likeness (QED) is 0.105. The van der Waals surface area contributed by atoms with E-state index in [0.717, 1.165) is 95.4 Å². The molecule has 0 fully saturated rings. The molecule has 3 nitrogen and oxygen atoms in total. The van der Waals surface area contributed by atoms with Crippen molar-refractivity contribution in [3.63, 3.8) is 0 Å². The minimum absolute atomic E-state index is 0.0256. The molecule has 3 heterocycles. The first-order chi connectivity index (χ1) is 48.9. The van der Waals surface area contributed by atoms with E-state index in [1.54, 1.807) is 0 Å². The average Bonchev–Trinajstić information content (AvgIpc) is 0.711. The fourth-order valence-corrected chi connectivity index (χ4v) is 16.7. The largest absolute Gasteiger partial charge is 0.310 e. The molecule has 2 aliphatic rings. The first-order valence-corrected chi connectivity index (χ1v) is 35.2. The second-order valence-electron chi connectivity index (χ2n) is 29.6. The lowest BCUT2D eigenvalue weighted by molar-refractivity contribution is 0.590. The predicted octanol–water partition coefficient (Wildman–Crippen LogP) is 24.4. The molecule has 0 radical (unpaired) electrons. The number of para-hydroxylation sites is 4. The summed E-state index contributed by atoms with van der Waals surface area (Å²) in [6.45, 7) is 13.6. The van der Waals surface area contributed by atoms with Crippen molar-refractivity contribution in [1.82, 2.24) is 4.57 Å². The van der Waals surface area contributed by atoms with E-state index in [-0.39, 0.29) is 17.5 Å². The van der Waals surface area contributed by atoms with Crippen LogP contribution in [0.3, 0.4) is 0 Å². The van der Waals surface area contributed by atoms with Crippen LogP contribution in [0, 0.1) is 0 Å². The molecule has 100 heavy (non-hydrogen) atoms. The molecule has 0 saturated carbocycles. The van der Waals surface area contributed by atoms with E-state index in [4.69, 9.17) is 0 Å². The third kappa shape index (κ3) is 9.49. The maximum Gasteiger partial charge on any atom is 0.252 e. The number of hydrogen-bond acceptors (Lipinski definition) is 2. The number of fused-ring (bicyclic) bond motifs is 7. The highest BCUT2D eigenvalue weighted by atomic mass is 15.2. The molecule has 0 aliphatic carbocycles. The highest BCUT2D eigenvalue weighted by molar-refractivity contribution is 7.00. The topological polar surface area (TPSA) is 11.4 Å². The van der Waals surface area contributed by atoms with Gasteiger partial charge in [0.15, 0.2) is 0 Å². The van der Waals surface area contributed by atoms with Crippen molar-refractivity contribution >= 4 is 111 Å². The van der Waals surface area contributed by atoms with Crippen molar-refractivity contribution in [2.45, 2.75) is 52.4 Å². The molecule has 17 aromatic rings.